The lowest BCUT2D eigenvalue weighted by Gasteiger charge is -2.16. The monoisotopic (exact) mass is 255 g/mol. The predicted molar refractivity (Wildman–Crippen MR) is 62.5 cm³/mol. The molecule has 1 fully saturated rings. The van der Waals surface area contributed by atoms with Crippen molar-refractivity contribution in [2.24, 2.45) is 5.92 Å². The van der Waals surface area contributed by atoms with Crippen molar-refractivity contribution in [1.29, 1.82) is 0 Å². The van der Waals surface area contributed by atoms with Crippen LogP contribution in [-0.2, 0) is 11.3 Å². The molecule has 0 aromatic heterocycles. The van der Waals surface area contributed by atoms with Gasteiger partial charge in [-0.05, 0) is 17.7 Å². The lowest BCUT2D eigenvalue weighted by atomic mass is 10.1. The van der Waals surface area contributed by atoms with Gasteiger partial charge in [0.2, 0.25) is 12.3 Å². The Bertz CT molecular complexity index is 420. The summed E-state index contributed by atoms with van der Waals surface area (Å²) in [7, 11) is 1.58. The van der Waals surface area contributed by atoms with Crippen LogP contribution in [0.4, 0.5) is 8.78 Å². The van der Waals surface area contributed by atoms with Gasteiger partial charge in [0, 0.05) is 25.4 Å². The van der Waals surface area contributed by atoms with E-state index in [1.165, 1.54) is 4.90 Å². The molecule has 1 aliphatic rings. The molecule has 0 aliphatic carbocycles. The zero-order valence-corrected chi connectivity index (χ0v) is 10.1. The molecule has 1 amide bonds. The summed E-state index contributed by atoms with van der Waals surface area (Å²) >= 11 is 0. The van der Waals surface area contributed by atoms with E-state index in [9.17, 15) is 13.6 Å². The zero-order valence-electron chi connectivity index (χ0n) is 10.1. The van der Waals surface area contributed by atoms with Crippen molar-refractivity contribution in [3.8, 4) is 5.75 Å². The number of carbonyl (C=O) groups is 1. The maximum absolute atomic E-state index is 12.5. The lowest BCUT2D eigenvalue weighted by Crippen LogP contribution is -2.25. The summed E-state index contributed by atoms with van der Waals surface area (Å²) in [5, 5.41) is 0. The summed E-state index contributed by atoms with van der Waals surface area (Å²) < 4.78 is 30.1. The van der Waals surface area contributed by atoms with E-state index < -0.39 is 12.3 Å². The van der Waals surface area contributed by atoms with Crippen molar-refractivity contribution >= 4 is 5.91 Å². The van der Waals surface area contributed by atoms with Gasteiger partial charge in [0.15, 0.2) is 0 Å². The Labute approximate surface area is 104 Å². The van der Waals surface area contributed by atoms with E-state index in [0.29, 0.717) is 6.54 Å². The molecule has 1 unspecified atom stereocenters. The normalized spacial score (nSPS) is 19.7. The topological polar surface area (TPSA) is 29.5 Å². The molecule has 1 heterocycles. The summed E-state index contributed by atoms with van der Waals surface area (Å²) in [6, 6.07) is 7.25. The maximum Gasteiger partial charge on any atom is 0.243 e. The fourth-order valence-electron chi connectivity index (χ4n) is 2.08. The van der Waals surface area contributed by atoms with E-state index in [1.807, 2.05) is 12.1 Å². The quantitative estimate of drug-likeness (QED) is 0.826. The minimum atomic E-state index is -2.42. The molecule has 98 valence electrons. The standard InChI is InChI=1S/C13H15F2NO2/c1-18-11-4-2-9(3-5-11)7-16-8-10(13(14)15)6-12(16)17/h2-5,10,13H,6-8H2,1H3. The van der Waals surface area contributed by atoms with Gasteiger partial charge in [0.05, 0.1) is 7.11 Å². The van der Waals surface area contributed by atoms with E-state index in [-0.39, 0.29) is 18.9 Å². The van der Waals surface area contributed by atoms with Gasteiger partial charge in [-0.3, -0.25) is 4.79 Å². The highest BCUT2D eigenvalue weighted by Gasteiger charge is 2.35. The van der Waals surface area contributed by atoms with Crippen LogP contribution in [0.3, 0.4) is 0 Å². The Morgan fingerprint density at radius 2 is 2.06 bits per heavy atom. The lowest BCUT2D eigenvalue weighted by molar-refractivity contribution is -0.128. The number of halogens is 2. The molecule has 1 saturated heterocycles. The number of benzene rings is 1. The molecular weight excluding hydrogens is 240 g/mol. The van der Waals surface area contributed by atoms with Gasteiger partial charge in [-0.1, -0.05) is 12.1 Å². The third kappa shape index (κ3) is 2.78. The number of rotatable bonds is 4. The van der Waals surface area contributed by atoms with Crippen molar-refractivity contribution < 1.29 is 18.3 Å². The molecule has 1 aliphatic heterocycles. The molecule has 0 N–H and O–H groups in total. The van der Waals surface area contributed by atoms with Crippen molar-refractivity contribution in [3.05, 3.63) is 29.8 Å². The maximum atomic E-state index is 12.5. The molecule has 0 bridgehead atoms. The van der Waals surface area contributed by atoms with Crippen LogP contribution in [0.2, 0.25) is 0 Å². The van der Waals surface area contributed by atoms with E-state index >= 15 is 0 Å². The third-order valence-electron chi connectivity index (χ3n) is 3.13. The molecule has 5 heteroatoms. The Balaban J connectivity index is 1.98. The van der Waals surface area contributed by atoms with Crippen LogP contribution >= 0.6 is 0 Å². The van der Waals surface area contributed by atoms with Gasteiger partial charge < -0.3 is 9.64 Å². The zero-order chi connectivity index (χ0) is 13.1. The molecule has 0 radical (unpaired) electrons. The SMILES string of the molecule is COc1ccc(CN2CC(C(F)F)CC2=O)cc1. The van der Waals surface area contributed by atoms with Gasteiger partial charge >= 0.3 is 0 Å². The number of amides is 1. The summed E-state index contributed by atoms with van der Waals surface area (Å²) in [5.74, 6) is -0.288. The first-order chi connectivity index (χ1) is 8.60. The fourth-order valence-corrected chi connectivity index (χ4v) is 2.08. The number of hydrogen-bond acceptors (Lipinski definition) is 2. The number of likely N-dealkylation sites (tertiary alicyclic amines) is 1. The number of carbonyl (C=O) groups excluding carboxylic acids is 1. The van der Waals surface area contributed by atoms with Crippen LogP contribution < -0.4 is 4.74 Å². The number of alkyl halides is 2. The minimum absolute atomic E-state index is 0.0478. The molecule has 1 atom stereocenters. The van der Waals surface area contributed by atoms with Gasteiger partial charge in [0.25, 0.3) is 0 Å². The number of ether oxygens (including phenoxy) is 1. The van der Waals surface area contributed by atoms with Crippen LogP contribution in [0.25, 0.3) is 0 Å². The van der Waals surface area contributed by atoms with Crippen molar-refractivity contribution in [2.45, 2.75) is 19.4 Å². The Kier molecular flexibility index (Phi) is 3.79. The summed E-state index contributed by atoms with van der Waals surface area (Å²) in [5.41, 5.74) is 0.916. The van der Waals surface area contributed by atoms with E-state index in [4.69, 9.17) is 4.74 Å². The fraction of sp³-hybridized carbons (Fsp3) is 0.462. The van der Waals surface area contributed by atoms with Crippen molar-refractivity contribution in [2.75, 3.05) is 13.7 Å². The molecule has 1 aromatic carbocycles. The van der Waals surface area contributed by atoms with Crippen LogP contribution in [0.1, 0.15) is 12.0 Å². The van der Waals surface area contributed by atoms with E-state index in [1.54, 1.807) is 19.2 Å². The van der Waals surface area contributed by atoms with Crippen molar-refractivity contribution in [1.82, 2.24) is 4.90 Å². The second kappa shape index (κ2) is 5.33. The minimum Gasteiger partial charge on any atom is -0.497 e. The summed E-state index contributed by atoms with van der Waals surface area (Å²) in [6.07, 6.45) is -2.47. The largest absolute Gasteiger partial charge is 0.497 e. The number of nitrogens with zero attached hydrogens (tertiary/aromatic N) is 1. The number of hydrogen-bond donors (Lipinski definition) is 0. The Hall–Kier alpha value is -1.65. The summed E-state index contributed by atoms with van der Waals surface area (Å²) in [4.78, 5) is 13.1. The van der Waals surface area contributed by atoms with E-state index in [2.05, 4.69) is 0 Å². The average molecular weight is 255 g/mol. The second-order valence-electron chi connectivity index (χ2n) is 4.42. The molecule has 2 rings (SSSR count). The average Bonchev–Trinajstić information content (AvgIpc) is 2.72. The highest BCUT2D eigenvalue weighted by molar-refractivity contribution is 5.78. The van der Waals surface area contributed by atoms with Crippen LogP contribution in [0, 0.1) is 5.92 Å². The first-order valence-corrected chi connectivity index (χ1v) is 5.79. The summed E-state index contributed by atoms with van der Waals surface area (Å²) in [6.45, 7) is 0.522. The highest BCUT2D eigenvalue weighted by atomic mass is 19.3. The molecule has 0 spiro atoms. The second-order valence-corrected chi connectivity index (χ2v) is 4.42. The van der Waals surface area contributed by atoms with Crippen molar-refractivity contribution in [3.63, 3.8) is 0 Å². The highest BCUT2D eigenvalue weighted by Crippen LogP contribution is 2.25. The molecule has 18 heavy (non-hydrogen) atoms. The first kappa shape index (κ1) is 12.8. The first-order valence-electron chi connectivity index (χ1n) is 5.79. The van der Waals surface area contributed by atoms with Crippen LogP contribution in [-0.4, -0.2) is 30.9 Å². The van der Waals surface area contributed by atoms with Gasteiger partial charge in [0.1, 0.15) is 5.75 Å². The third-order valence-corrected chi connectivity index (χ3v) is 3.13. The van der Waals surface area contributed by atoms with Gasteiger partial charge in [-0.25, -0.2) is 8.78 Å². The smallest absolute Gasteiger partial charge is 0.243 e. The number of methoxy groups -OCH3 is 1. The Morgan fingerprint density at radius 3 is 2.56 bits per heavy atom. The van der Waals surface area contributed by atoms with E-state index in [0.717, 1.165) is 11.3 Å². The molecule has 3 nitrogen and oxygen atoms in total. The molecule has 0 saturated carbocycles. The predicted octanol–water partition coefficient (Wildman–Crippen LogP) is 2.31. The molecule has 1 aromatic rings. The molecular formula is C13H15F2NO2. The van der Waals surface area contributed by atoms with Crippen LogP contribution in [0.15, 0.2) is 24.3 Å². The Morgan fingerprint density at radius 1 is 1.39 bits per heavy atom. The van der Waals surface area contributed by atoms with Gasteiger partial charge in [-0.2, -0.15) is 0 Å². The van der Waals surface area contributed by atoms with Gasteiger partial charge in [-0.15, -0.1) is 0 Å². The van der Waals surface area contributed by atoms with Crippen LogP contribution in [0.5, 0.6) is 5.75 Å².